The number of nitrogens with zero attached hydrogens (tertiary/aromatic N) is 1. The molecule has 24 heavy (non-hydrogen) atoms. The topological polar surface area (TPSA) is 28.7 Å². The van der Waals surface area contributed by atoms with Crippen LogP contribution in [-0.2, 0) is 18.5 Å². The maximum atomic E-state index is 12.6. The molecule has 0 saturated carbocycles. The summed E-state index contributed by atoms with van der Waals surface area (Å²) in [5, 5.41) is 0. The Labute approximate surface area is 142 Å². The zero-order valence-corrected chi connectivity index (χ0v) is 13.3. The Kier molecular flexibility index (Phi) is 4.62. The van der Waals surface area contributed by atoms with Gasteiger partial charge >= 0.3 is 6.18 Å². The highest BCUT2D eigenvalue weighted by Crippen LogP contribution is 2.30. The molecule has 2 aromatic carbocycles. The van der Waals surface area contributed by atoms with Gasteiger partial charge in [0.2, 0.25) is 0 Å². The predicted octanol–water partition coefficient (Wildman–Crippen LogP) is 5.43. The molecule has 6 heteroatoms. The number of benzene rings is 2. The molecule has 1 aromatic heterocycles. The van der Waals surface area contributed by atoms with Crippen molar-refractivity contribution in [2.45, 2.75) is 18.5 Å². The van der Waals surface area contributed by atoms with E-state index in [-0.39, 0.29) is 5.88 Å². The van der Waals surface area contributed by atoms with E-state index in [9.17, 15) is 13.2 Å². The van der Waals surface area contributed by atoms with Crippen LogP contribution in [0.25, 0.3) is 11.4 Å². The Morgan fingerprint density at radius 1 is 0.958 bits per heavy atom. The van der Waals surface area contributed by atoms with Crippen molar-refractivity contribution in [3.8, 4) is 11.4 Å². The lowest BCUT2D eigenvalue weighted by atomic mass is 10.1. The molecule has 0 fully saturated rings. The molecule has 0 saturated heterocycles. The van der Waals surface area contributed by atoms with E-state index in [0.717, 1.165) is 23.4 Å². The second-order valence-electron chi connectivity index (χ2n) is 5.38. The van der Waals surface area contributed by atoms with E-state index in [1.807, 2.05) is 30.3 Å². The lowest BCUT2D eigenvalue weighted by Gasteiger charge is -2.06. The van der Waals surface area contributed by atoms with Crippen LogP contribution in [-0.4, -0.2) is 9.97 Å². The Balaban J connectivity index is 1.89. The number of aromatic nitrogens is 2. The number of H-pyrrole nitrogens is 1. The minimum atomic E-state index is -4.35. The predicted molar refractivity (Wildman–Crippen MR) is 87.8 cm³/mol. The van der Waals surface area contributed by atoms with Gasteiger partial charge in [-0.1, -0.05) is 42.5 Å². The van der Waals surface area contributed by atoms with Gasteiger partial charge in [-0.3, -0.25) is 0 Å². The summed E-state index contributed by atoms with van der Waals surface area (Å²) in [7, 11) is 0. The van der Waals surface area contributed by atoms with Gasteiger partial charge in [-0.2, -0.15) is 13.2 Å². The van der Waals surface area contributed by atoms with E-state index in [1.54, 1.807) is 0 Å². The van der Waals surface area contributed by atoms with Crippen molar-refractivity contribution in [2.75, 3.05) is 0 Å². The number of hydrogen-bond acceptors (Lipinski definition) is 1. The van der Waals surface area contributed by atoms with Gasteiger partial charge in [-0.05, 0) is 17.7 Å². The molecule has 2 nitrogen and oxygen atoms in total. The molecule has 0 aliphatic rings. The standard InChI is InChI=1S/C18H14ClF3N2/c19-11-16-15(10-12-4-2-1-3-5-12)23-17(24-16)13-6-8-14(9-7-13)18(20,21)22/h1-9H,10-11H2,(H,23,24). The average Bonchev–Trinajstić information content (AvgIpc) is 2.98. The molecule has 0 radical (unpaired) electrons. The van der Waals surface area contributed by atoms with Crippen molar-refractivity contribution in [1.29, 1.82) is 0 Å². The van der Waals surface area contributed by atoms with E-state index in [4.69, 9.17) is 11.6 Å². The molecule has 0 unspecified atom stereocenters. The Bertz CT molecular complexity index is 809. The summed E-state index contributed by atoms with van der Waals surface area (Å²) < 4.78 is 37.9. The third-order valence-corrected chi connectivity index (χ3v) is 3.95. The zero-order valence-electron chi connectivity index (χ0n) is 12.6. The van der Waals surface area contributed by atoms with Crippen molar-refractivity contribution in [2.24, 2.45) is 0 Å². The number of halogens is 4. The maximum Gasteiger partial charge on any atom is 0.416 e. The first kappa shape index (κ1) is 16.6. The van der Waals surface area contributed by atoms with Gasteiger partial charge in [-0.15, -0.1) is 11.6 Å². The summed E-state index contributed by atoms with van der Waals surface area (Å²) in [6.07, 6.45) is -3.71. The van der Waals surface area contributed by atoms with E-state index in [2.05, 4.69) is 9.97 Å². The summed E-state index contributed by atoms with van der Waals surface area (Å²) in [6.45, 7) is 0. The number of aromatic amines is 1. The maximum absolute atomic E-state index is 12.6. The van der Waals surface area contributed by atoms with Crippen molar-refractivity contribution in [1.82, 2.24) is 9.97 Å². The summed E-state index contributed by atoms with van der Waals surface area (Å²) in [6, 6.07) is 14.7. The molecule has 3 rings (SSSR count). The average molecular weight is 351 g/mol. The minimum absolute atomic E-state index is 0.235. The molecule has 0 bridgehead atoms. The first-order valence-electron chi connectivity index (χ1n) is 7.32. The van der Waals surface area contributed by atoms with Crippen LogP contribution >= 0.6 is 11.6 Å². The highest BCUT2D eigenvalue weighted by Gasteiger charge is 2.30. The van der Waals surface area contributed by atoms with Gasteiger partial charge in [0, 0.05) is 17.7 Å². The number of rotatable bonds is 4. The third-order valence-electron chi connectivity index (χ3n) is 3.70. The summed E-state index contributed by atoms with van der Waals surface area (Å²) >= 11 is 5.95. The van der Waals surface area contributed by atoms with Crippen molar-refractivity contribution in [3.63, 3.8) is 0 Å². The fourth-order valence-corrected chi connectivity index (χ4v) is 2.68. The number of nitrogens with one attached hydrogen (secondary N) is 1. The minimum Gasteiger partial charge on any atom is -0.341 e. The summed E-state index contributed by atoms with van der Waals surface area (Å²) in [4.78, 5) is 7.60. The largest absolute Gasteiger partial charge is 0.416 e. The molecule has 0 aliphatic heterocycles. The molecule has 0 aliphatic carbocycles. The van der Waals surface area contributed by atoms with Gasteiger partial charge in [0.05, 0.1) is 17.1 Å². The Morgan fingerprint density at radius 3 is 2.21 bits per heavy atom. The van der Waals surface area contributed by atoms with E-state index in [1.165, 1.54) is 12.1 Å². The van der Waals surface area contributed by atoms with Crippen LogP contribution in [0.2, 0.25) is 0 Å². The quantitative estimate of drug-likeness (QED) is 0.625. The molecule has 1 N–H and O–H groups in total. The van der Waals surface area contributed by atoms with Crippen LogP contribution in [0.1, 0.15) is 22.5 Å². The van der Waals surface area contributed by atoms with Gasteiger partial charge in [-0.25, -0.2) is 4.98 Å². The fraction of sp³-hybridized carbons (Fsp3) is 0.167. The van der Waals surface area contributed by atoms with E-state index >= 15 is 0 Å². The van der Waals surface area contributed by atoms with Crippen molar-refractivity contribution < 1.29 is 13.2 Å². The molecule has 0 atom stereocenters. The van der Waals surface area contributed by atoms with Crippen LogP contribution in [0.3, 0.4) is 0 Å². The molecular weight excluding hydrogens is 337 g/mol. The normalized spacial score (nSPS) is 11.7. The van der Waals surface area contributed by atoms with Gasteiger partial charge in [0.25, 0.3) is 0 Å². The number of alkyl halides is 4. The molecular formula is C18H14ClF3N2. The lowest BCUT2D eigenvalue weighted by Crippen LogP contribution is -2.04. The third kappa shape index (κ3) is 3.62. The van der Waals surface area contributed by atoms with Crippen molar-refractivity contribution in [3.05, 3.63) is 77.1 Å². The van der Waals surface area contributed by atoms with Crippen LogP contribution in [0.4, 0.5) is 13.2 Å². The van der Waals surface area contributed by atoms with E-state index < -0.39 is 11.7 Å². The van der Waals surface area contributed by atoms with E-state index in [0.29, 0.717) is 23.5 Å². The van der Waals surface area contributed by atoms with Crippen molar-refractivity contribution >= 4 is 11.6 Å². The molecule has 1 heterocycles. The molecule has 0 spiro atoms. The van der Waals surface area contributed by atoms with Crippen LogP contribution in [0, 0.1) is 0 Å². The van der Waals surface area contributed by atoms with Crippen LogP contribution in [0.5, 0.6) is 0 Å². The Hall–Kier alpha value is -2.27. The highest BCUT2D eigenvalue weighted by molar-refractivity contribution is 6.17. The second kappa shape index (κ2) is 6.69. The smallest absolute Gasteiger partial charge is 0.341 e. The highest BCUT2D eigenvalue weighted by atomic mass is 35.5. The first-order chi connectivity index (χ1) is 11.5. The second-order valence-corrected chi connectivity index (χ2v) is 5.65. The van der Waals surface area contributed by atoms with Crippen LogP contribution < -0.4 is 0 Å². The number of imidazole rings is 1. The van der Waals surface area contributed by atoms with Gasteiger partial charge in [0.1, 0.15) is 5.82 Å². The van der Waals surface area contributed by atoms with Gasteiger partial charge in [0.15, 0.2) is 0 Å². The molecule has 124 valence electrons. The number of hydrogen-bond donors (Lipinski definition) is 1. The van der Waals surface area contributed by atoms with Gasteiger partial charge < -0.3 is 4.98 Å². The van der Waals surface area contributed by atoms with Crippen LogP contribution in [0.15, 0.2) is 54.6 Å². The monoisotopic (exact) mass is 350 g/mol. The summed E-state index contributed by atoms with van der Waals surface area (Å²) in [5.41, 5.74) is 2.58. The zero-order chi connectivity index (χ0) is 17.2. The fourth-order valence-electron chi connectivity index (χ4n) is 2.46. The summed E-state index contributed by atoms with van der Waals surface area (Å²) in [5.74, 6) is 0.754. The first-order valence-corrected chi connectivity index (χ1v) is 7.86. The lowest BCUT2D eigenvalue weighted by molar-refractivity contribution is -0.137. The molecule has 3 aromatic rings. The SMILES string of the molecule is FC(F)(F)c1ccc(-c2nc(CCl)c(Cc3ccccc3)[nH]2)cc1. The molecule has 0 amide bonds. The Morgan fingerprint density at radius 2 is 1.62 bits per heavy atom.